The number of hydrogen-bond donors (Lipinski definition) is 1. The molecular formula is C14H25N3O3. The lowest BCUT2D eigenvalue weighted by Gasteiger charge is -2.40. The van der Waals surface area contributed by atoms with Crippen LogP contribution < -0.4 is 0 Å². The van der Waals surface area contributed by atoms with Crippen LogP contribution in [0.3, 0.4) is 0 Å². The number of carbonyl (C=O) groups excluding carboxylic acids is 1. The summed E-state index contributed by atoms with van der Waals surface area (Å²) in [6.45, 7) is 8.13. The molecule has 0 radical (unpaired) electrons. The van der Waals surface area contributed by atoms with Gasteiger partial charge in [-0.15, -0.1) is 0 Å². The molecule has 0 spiro atoms. The molecule has 0 saturated carbocycles. The molecule has 6 nitrogen and oxygen atoms in total. The van der Waals surface area contributed by atoms with Crippen molar-refractivity contribution in [2.75, 3.05) is 45.8 Å². The van der Waals surface area contributed by atoms with E-state index in [1.807, 2.05) is 0 Å². The molecule has 2 heterocycles. The van der Waals surface area contributed by atoms with Gasteiger partial charge in [0.2, 0.25) is 0 Å². The summed E-state index contributed by atoms with van der Waals surface area (Å²) in [7, 11) is 0. The minimum atomic E-state index is -0.813. The molecule has 2 rings (SSSR count). The lowest BCUT2D eigenvalue weighted by Crippen LogP contribution is -2.54. The van der Waals surface area contributed by atoms with Gasteiger partial charge in [-0.05, 0) is 32.9 Å². The summed E-state index contributed by atoms with van der Waals surface area (Å²) in [5.74, 6) is 0.254. The summed E-state index contributed by atoms with van der Waals surface area (Å²) in [6, 6.07) is 0.285. The number of piperidine rings is 1. The van der Waals surface area contributed by atoms with Crippen molar-refractivity contribution in [3.8, 4) is 0 Å². The lowest BCUT2D eigenvalue weighted by atomic mass is 9.99. The molecule has 114 valence electrons. The van der Waals surface area contributed by atoms with Crippen molar-refractivity contribution in [1.82, 2.24) is 14.7 Å². The van der Waals surface area contributed by atoms with E-state index in [1.54, 1.807) is 0 Å². The number of hydrogen-bond acceptors (Lipinski definition) is 4. The molecule has 0 aromatic carbocycles. The zero-order chi connectivity index (χ0) is 14.5. The van der Waals surface area contributed by atoms with Crippen LogP contribution in [0.15, 0.2) is 0 Å². The predicted octanol–water partition coefficient (Wildman–Crippen LogP) is 0.581. The number of carbonyl (C=O) groups is 2. The second kappa shape index (κ2) is 7.04. The Labute approximate surface area is 120 Å². The van der Waals surface area contributed by atoms with Crippen LogP contribution in [-0.4, -0.2) is 84.0 Å². The van der Waals surface area contributed by atoms with E-state index in [-0.39, 0.29) is 12.0 Å². The summed E-state index contributed by atoms with van der Waals surface area (Å²) in [6.07, 6.45) is 2.23. The van der Waals surface area contributed by atoms with Crippen LogP contribution >= 0.6 is 0 Å². The summed E-state index contributed by atoms with van der Waals surface area (Å²) in [4.78, 5) is 27.9. The number of aldehydes is 1. The third kappa shape index (κ3) is 3.93. The largest absolute Gasteiger partial charge is 0.465 e. The number of carboxylic acid groups (broad SMARTS) is 1. The molecule has 0 aromatic rings. The fraction of sp³-hybridized carbons (Fsp3) is 0.857. The maximum atomic E-state index is 10.9. The second-order valence-corrected chi connectivity index (χ2v) is 5.93. The van der Waals surface area contributed by atoms with Gasteiger partial charge < -0.3 is 19.7 Å². The lowest BCUT2D eigenvalue weighted by molar-refractivity contribution is -0.112. The van der Waals surface area contributed by atoms with Crippen LogP contribution in [0.4, 0.5) is 4.79 Å². The SMILES string of the molecule is C[C@H]1CN(C(=O)O)CCN1CCN1CCC(C=O)CC1. The molecular weight excluding hydrogens is 258 g/mol. The second-order valence-electron chi connectivity index (χ2n) is 5.93. The minimum Gasteiger partial charge on any atom is -0.465 e. The molecule has 2 saturated heterocycles. The first-order valence-electron chi connectivity index (χ1n) is 7.49. The molecule has 6 heteroatoms. The van der Waals surface area contributed by atoms with E-state index in [2.05, 4.69) is 16.7 Å². The van der Waals surface area contributed by atoms with Gasteiger partial charge in [-0.3, -0.25) is 4.90 Å². The van der Waals surface area contributed by atoms with Crippen molar-refractivity contribution >= 4 is 12.4 Å². The first kappa shape index (κ1) is 15.3. The van der Waals surface area contributed by atoms with Gasteiger partial charge in [-0.25, -0.2) is 4.79 Å². The highest BCUT2D eigenvalue weighted by Gasteiger charge is 2.27. The third-order valence-corrected chi connectivity index (χ3v) is 4.56. The molecule has 2 fully saturated rings. The maximum absolute atomic E-state index is 10.9. The molecule has 0 aromatic heterocycles. The van der Waals surface area contributed by atoms with E-state index in [0.717, 1.165) is 51.9 Å². The van der Waals surface area contributed by atoms with Gasteiger partial charge in [-0.2, -0.15) is 0 Å². The first-order chi connectivity index (χ1) is 9.60. The quantitative estimate of drug-likeness (QED) is 0.765. The molecule has 1 atom stereocenters. The van der Waals surface area contributed by atoms with Gasteiger partial charge in [-0.1, -0.05) is 0 Å². The summed E-state index contributed by atoms with van der Waals surface area (Å²) in [5.41, 5.74) is 0. The molecule has 2 aliphatic rings. The van der Waals surface area contributed by atoms with Crippen LogP contribution in [0.25, 0.3) is 0 Å². The monoisotopic (exact) mass is 283 g/mol. The maximum Gasteiger partial charge on any atom is 0.407 e. The van der Waals surface area contributed by atoms with Gasteiger partial charge in [0.05, 0.1) is 0 Å². The summed E-state index contributed by atoms with van der Waals surface area (Å²) >= 11 is 0. The van der Waals surface area contributed by atoms with Gasteiger partial charge in [0, 0.05) is 44.7 Å². The first-order valence-corrected chi connectivity index (χ1v) is 7.49. The van der Waals surface area contributed by atoms with Crippen LogP contribution in [0, 0.1) is 5.92 Å². The Bertz CT molecular complexity index is 343. The van der Waals surface area contributed by atoms with E-state index in [4.69, 9.17) is 5.11 Å². The zero-order valence-corrected chi connectivity index (χ0v) is 12.2. The van der Waals surface area contributed by atoms with E-state index in [1.165, 1.54) is 4.90 Å². The highest BCUT2D eigenvalue weighted by Crippen LogP contribution is 2.15. The van der Waals surface area contributed by atoms with Gasteiger partial charge in [0.15, 0.2) is 0 Å². The number of rotatable bonds is 4. The van der Waals surface area contributed by atoms with E-state index < -0.39 is 6.09 Å². The smallest absolute Gasteiger partial charge is 0.407 e. The molecule has 0 unspecified atom stereocenters. The molecule has 0 aliphatic carbocycles. The average Bonchev–Trinajstić information content (AvgIpc) is 2.46. The van der Waals surface area contributed by atoms with E-state index in [9.17, 15) is 9.59 Å². The summed E-state index contributed by atoms with van der Waals surface area (Å²) < 4.78 is 0. The predicted molar refractivity (Wildman–Crippen MR) is 75.9 cm³/mol. The molecule has 0 bridgehead atoms. The third-order valence-electron chi connectivity index (χ3n) is 4.56. The fourth-order valence-electron chi connectivity index (χ4n) is 3.08. The zero-order valence-electron chi connectivity index (χ0n) is 12.2. The van der Waals surface area contributed by atoms with Crippen LogP contribution in [0.2, 0.25) is 0 Å². The van der Waals surface area contributed by atoms with Crippen molar-refractivity contribution in [2.24, 2.45) is 5.92 Å². The minimum absolute atomic E-state index is 0.254. The number of likely N-dealkylation sites (tertiary alicyclic amines) is 1. The highest BCUT2D eigenvalue weighted by molar-refractivity contribution is 5.65. The normalized spacial score (nSPS) is 26.6. The Morgan fingerprint density at radius 3 is 2.45 bits per heavy atom. The van der Waals surface area contributed by atoms with Crippen molar-refractivity contribution in [2.45, 2.75) is 25.8 Å². The van der Waals surface area contributed by atoms with Gasteiger partial charge in [0.25, 0.3) is 0 Å². The van der Waals surface area contributed by atoms with Crippen LogP contribution in [0.1, 0.15) is 19.8 Å². The number of nitrogens with zero attached hydrogens (tertiary/aromatic N) is 3. The highest BCUT2D eigenvalue weighted by atomic mass is 16.4. The Kier molecular flexibility index (Phi) is 5.37. The van der Waals surface area contributed by atoms with Crippen LogP contribution in [-0.2, 0) is 4.79 Å². The molecule has 1 N–H and O–H groups in total. The average molecular weight is 283 g/mol. The Hall–Kier alpha value is -1.14. The number of piperazine rings is 1. The van der Waals surface area contributed by atoms with Gasteiger partial charge in [0.1, 0.15) is 6.29 Å². The van der Waals surface area contributed by atoms with Crippen molar-refractivity contribution in [3.63, 3.8) is 0 Å². The topological polar surface area (TPSA) is 64.1 Å². The van der Waals surface area contributed by atoms with Crippen molar-refractivity contribution in [1.29, 1.82) is 0 Å². The molecule has 20 heavy (non-hydrogen) atoms. The van der Waals surface area contributed by atoms with Crippen molar-refractivity contribution in [3.05, 3.63) is 0 Å². The Morgan fingerprint density at radius 1 is 1.20 bits per heavy atom. The molecule has 2 aliphatic heterocycles. The summed E-state index contributed by atoms with van der Waals surface area (Å²) in [5, 5.41) is 8.99. The van der Waals surface area contributed by atoms with E-state index in [0.29, 0.717) is 13.1 Å². The fourth-order valence-corrected chi connectivity index (χ4v) is 3.08. The van der Waals surface area contributed by atoms with Crippen molar-refractivity contribution < 1.29 is 14.7 Å². The Morgan fingerprint density at radius 2 is 1.90 bits per heavy atom. The van der Waals surface area contributed by atoms with E-state index >= 15 is 0 Å². The molecule has 1 amide bonds. The Balaban J connectivity index is 1.70. The number of amides is 1. The standard InChI is InChI=1S/C14H25N3O3/c1-12-10-17(14(19)20)9-8-16(12)7-6-15-4-2-13(11-18)3-5-15/h11-13H,2-10H2,1H3,(H,19,20)/t12-/m0/s1. The van der Waals surface area contributed by atoms with Crippen LogP contribution in [0.5, 0.6) is 0 Å². The van der Waals surface area contributed by atoms with Gasteiger partial charge >= 0.3 is 6.09 Å².